The summed E-state index contributed by atoms with van der Waals surface area (Å²) in [4.78, 5) is 10.8. The molecule has 0 radical (unpaired) electrons. The molecule has 0 aromatic carbocycles. The zero-order valence-electron chi connectivity index (χ0n) is 7.29. The molecule has 1 atom stereocenters. The van der Waals surface area contributed by atoms with Gasteiger partial charge in [0.2, 0.25) is 0 Å². The Bertz CT molecular complexity index is 171. The first-order valence-corrected chi connectivity index (χ1v) is 4.24. The second-order valence-corrected chi connectivity index (χ2v) is 2.74. The highest BCUT2D eigenvalue weighted by Gasteiger charge is 2.17. The van der Waals surface area contributed by atoms with Crippen molar-refractivity contribution in [2.24, 2.45) is 0 Å². The molecule has 1 aliphatic heterocycles. The average Bonchev–Trinajstić information content (AvgIpc) is 1.95. The molecule has 1 fully saturated rings. The van der Waals surface area contributed by atoms with Crippen molar-refractivity contribution in [1.82, 2.24) is 0 Å². The summed E-state index contributed by atoms with van der Waals surface area (Å²) in [6, 6.07) is 0. The van der Waals surface area contributed by atoms with Crippen molar-refractivity contribution in [2.45, 2.75) is 25.9 Å². The molecule has 1 heterocycles. The highest BCUT2D eigenvalue weighted by Crippen LogP contribution is 2.14. The third-order valence-corrected chi connectivity index (χ3v) is 1.78. The van der Waals surface area contributed by atoms with Crippen molar-refractivity contribution in [3.05, 3.63) is 12.2 Å². The van der Waals surface area contributed by atoms with E-state index < -0.39 is 0 Å². The predicted octanol–water partition coefficient (Wildman–Crippen LogP) is 1.28. The lowest BCUT2D eigenvalue weighted by molar-refractivity contribution is -0.140. The van der Waals surface area contributed by atoms with Crippen molar-refractivity contribution in [2.75, 3.05) is 13.2 Å². The van der Waals surface area contributed by atoms with Crippen LogP contribution in [-0.4, -0.2) is 25.3 Å². The van der Waals surface area contributed by atoms with Crippen LogP contribution in [-0.2, 0) is 14.3 Å². The molecule has 0 N–H and O–H groups in total. The Balaban J connectivity index is 1.97. The smallest absolute Gasteiger partial charge is 0.330 e. The summed E-state index contributed by atoms with van der Waals surface area (Å²) in [7, 11) is 0. The van der Waals surface area contributed by atoms with Crippen LogP contribution in [0, 0.1) is 0 Å². The van der Waals surface area contributed by atoms with Crippen molar-refractivity contribution >= 4 is 5.97 Å². The van der Waals surface area contributed by atoms with E-state index in [2.05, 4.69) is 0 Å². The Kier molecular flexibility index (Phi) is 3.80. The quantitative estimate of drug-likeness (QED) is 0.471. The van der Waals surface area contributed by atoms with Crippen LogP contribution in [0.3, 0.4) is 0 Å². The summed E-state index contributed by atoms with van der Waals surface area (Å²) < 4.78 is 10.0. The Morgan fingerprint density at radius 3 is 3.00 bits per heavy atom. The van der Waals surface area contributed by atoms with E-state index in [0.29, 0.717) is 12.7 Å². The molecule has 0 spiro atoms. The van der Waals surface area contributed by atoms with Crippen LogP contribution in [0.5, 0.6) is 0 Å². The summed E-state index contributed by atoms with van der Waals surface area (Å²) in [6.07, 6.45) is 5.33. The molecule has 3 nitrogen and oxygen atoms in total. The van der Waals surface area contributed by atoms with Gasteiger partial charge in [0.1, 0.15) is 0 Å². The maximum atomic E-state index is 10.8. The van der Waals surface area contributed by atoms with E-state index >= 15 is 0 Å². The van der Waals surface area contributed by atoms with E-state index in [9.17, 15) is 4.79 Å². The number of ether oxygens (including phenoxy) is 2. The first kappa shape index (κ1) is 9.26. The number of hydrogen-bond acceptors (Lipinski definition) is 3. The molecule has 0 aromatic heterocycles. The van der Waals surface area contributed by atoms with E-state index in [-0.39, 0.29) is 5.97 Å². The van der Waals surface area contributed by atoms with Gasteiger partial charge in [0.05, 0.1) is 12.7 Å². The van der Waals surface area contributed by atoms with E-state index in [1.807, 2.05) is 0 Å². The third-order valence-electron chi connectivity index (χ3n) is 1.78. The van der Waals surface area contributed by atoms with Crippen molar-refractivity contribution in [3.63, 3.8) is 0 Å². The maximum Gasteiger partial charge on any atom is 0.330 e. The van der Waals surface area contributed by atoms with E-state index in [1.54, 1.807) is 13.0 Å². The molecule has 0 bridgehead atoms. The highest BCUT2D eigenvalue weighted by molar-refractivity contribution is 5.81. The van der Waals surface area contributed by atoms with Crippen molar-refractivity contribution in [3.8, 4) is 0 Å². The molecule has 0 aromatic rings. The second kappa shape index (κ2) is 4.93. The van der Waals surface area contributed by atoms with Gasteiger partial charge in [-0.05, 0) is 13.3 Å². The largest absolute Gasteiger partial charge is 0.462 e. The number of rotatable bonds is 4. The van der Waals surface area contributed by atoms with Crippen LogP contribution in [0.1, 0.15) is 19.8 Å². The summed E-state index contributed by atoms with van der Waals surface area (Å²) >= 11 is 0. The van der Waals surface area contributed by atoms with Crippen molar-refractivity contribution < 1.29 is 14.3 Å². The van der Waals surface area contributed by atoms with Gasteiger partial charge < -0.3 is 9.47 Å². The Morgan fingerprint density at radius 1 is 1.75 bits per heavy atom. The van der Waals surface area contributed by atoms with E-state index in [4.69, 9.17) is 9.47 Å². The molecular formula is C9H14O3. The Hall–Kier alpha value is -0.830. The molecule has 1 rings (SSSR count). The lowest BCUT2D eigenvalue weighted by Gasteiger charge is -2.25. The van der Waals surface area contributed by atoms with Gasteiger partial charge in [-0.2, -0.15) is 0 Å². The van der Waals surface area contributed by atoms with Gasteiger partial charge in [-0.25, -0.2) is 4.79 Å². The van der Waals surface area contributed by atoms with Gasteiger partial charge in [-0.3, -0.25) is 0 Å². The van der Waals surface area contributed by atoms with Crippen LogP contribution < -0.4 is 0 Å². The molecule has 3 heteroatoms. The zero-order chi connectivity index (χ0) is 8.81. The van der Waals surface area contributed by atoms with Crippen LogP contribution in [0.2, 0.25) is 0 Å². The molecule has 12 heavy (non-hydrogen) atoms. The van der Waals surface area contributed by atoms with E-state index in [1.165, 1.54) is 6.08 Å². The standard InChI is InChI=1S/C9H14O3/c1-2-3-9(10)12-7-5-8-4-6-11-8/h2-3,8H,4-7H2,1H3. The van der Waals surface area contributed by atoms with Crippen LogP contribution >= 0.6 is 0 Å². The lowest BCUT2D eigenvalue weighted by atomic mass is 10.1. The molecule has 68 valence electrons. The van der Waals surface area contributed by atoms with Gasteiger partial charge in [0, 0.05) is 19.1 Å². The molecule has 0 amide bonds. The fourth-order valence-corrected chi connectivity index (χ4v) is 0.987. The topological polar surface area (TPSA) is 35.5 Å². The normalized spacial score (nSPS) is 22.2. The van der Waals surface area contributed by atoms with Gasteiger partial charge in [-0.1, -0.05) is 6.08 Å². The van der Waals surface area contributed by atoms with Gasteiger partial charge in [0.25, 0.3) is 0 Å². The summed E-state index contributed by atoms with van der Waals surface area (Å²) in [5.74, 6) is -0.267. The van der Waals surface area contributed by atoms with Crippen molar-refractivity contribution in [1.29, 1.82) is 0 Å². The van der Waals surface area contributed by atoms with Crippen LogP contribution in [0.25, 0.3) is 0 Å². The number of hydrogen-bond donors (Lipinski definition) is 0. The summed E-state index contributed by atoms with van der Waals surface area (Å²) in [5.41, 5.74) is 0. The maximum absolute atomic E-state index is 10.8. The number of carbonyl (C=O) groups is 1. The molecule has 1 unspecified atom stereocenters. The summed E-state index contributed by atoms with van der Waals surface area (Å²) in [6.45, 7) is 3.11. The Labute approximate surface area is 72.4 Å². The molecular weight excluding hydrogens is 156 g/mol. The third kappa shape index (κ3) is 3.05. The van der Waals surface area contributed by atoms with Gasteiger partial charge >= 0.3 is 5.97 Å². The summed E-state index contributed by atoms with van der Waals surface area (Å²) in [5, 5.41) is 0. The molecule has 1 aliphatic rings. The zero-order valence-corrected chi connectivity index (χ0v) is 7.29. The highest BCUT2D eigenvalue weighted by atomic mass is 16.5. The van der Waals surface area contributed by atoms with Crippen LogP contribution in [0.4, 0.5) is 0 Å². The monoisotopic (exact) mass is 170 g/mol. The first-order valence-electron chi connectivity index (χ1n) is 4.24. The first-order chi connectivity index (χ1) is 5.83. The minimum absolute atomic E-state index is 0.267. The molecule has 0 saturated carbocycles. The minimum atomic E-state index is -0.267. The fourth-order valence-electron chi connectivity index (χ4n) is 0.987. The number of carbonyl (C=O) groups excluding carboxylic acids is 1. The number of allylic oxidation sites excluding steroid dienone is 1. The Morgan fingerprint density at radius 2 is 2.50 bits per heavy atom. The molecule has 0 aliphatic carbocycles. The number of esters is 1. The van der Waals surface area contributed by atoms with Crippen LogP contribution in [0.15, 0.2) is 12.2 Å². The van der Waals surface area contributed by atoms with Gasteiger partial charge in [-0.15, -0.1) is 0 Å². The average molecular weight is 170 g/mol. The lowest BCUT2D eigenvalue weighted by Crippen LogP contribution is -2.28. The molecule has 1 saturated heterocycles. The fraction of sp³-hybridized carbons (Fsp3) is 0.667. The van der Waals surface area contributed by atoms with E-state index in [0.717, 1.165) is 19.4 Å². The predicted molar refractivity (Wildman–Crippen MR) is 44.7 cm³/mol. The van der Waals surface area contributed by atoms with Gasteiger partial charge in [0.15, 0.2) is 0 Å². The minimum Gasteiger partial charge on any atom is -0.462 e. The SMILES string of the molecule is CC=CC(=O)OCCC1CCO1. The second-order valence-electron chi connectivity index (χ2n) is 2.74.